The Morgan fingerprint density at radius 1 is 1.11 bits per heavy atom. The summed E-state index contributed by atoms with van der Waals surface area (Å²) in [4.78, 5) is 31.9. The molecule has 37 heavy (non-hydrogen) atoms. The van der Waals surface area contributed by atoms with Crippen molar-refractivity contribution in [2.45, 2.75) is 33.3 Å². The smallest absolute Gasteiger partial charge is 0.387 e. The van der Waals surface area contributed by atoms with Crippen LogP contribution in [0.25, 0.3) is 6.08 Å². The van der Waals surface area contributed by atoms with E-state index < -0.39 is 12.5 Å². The van der Waals surface area contributed by atoms with Crippen LogP contribution in [-0.4, -0.2) is 29.3 Å². The monoisotopic (exact) mass is 525 g/mol. The number of amides is 2. The zero-order valence-corrected chi connectivity index (χ0v) is 21.1. The SMILES string of the molecule is CCc1cccc(CC)c1NC(=O)CSC1=NC(=Cc2ccco2)C(=O)N1c1ccc(OC(F)F)cc1. The van der Waals surface area contributed by atoms with Gasteiger partial charge in [0.25, 0.3) is 5.91 Å². The van der Waals surface area contributed by atoms with Crippen LogP contribution in [-0.2, 0) is 22.4 Å². The van der Waals surface area contributed by atoms with E-state index in [1.807, 2.05) is 32.0 Å². The number of aryl methyl sites for hydroxylation is 2. The second-order valence-electron chi connectivity index (χ2n) is 7.95. The van der Waals surface area contributed by atoms with E-state index >= 15 is 0 Å². The molecule has 0 spiro atoms. The maximum absolute atomic E-state index is 13.2. The fourth-order valence-electron chi connectivity index (χ4n) is 3.81. The summed E-state index contributed by atoms with van der Waals surface area (Å²) < 4.78 is 34.8. The molecule has 0 aliphatic carbocycles. The molecule has 0 unspecified atom stereocenters. The van der Waals surface area contributed by atoms with Gasteiger partial charge in [0, 0.05) is 11.8 Å². The number of nitrogens with zero attached hydrogens (tertiary/aromatic N) is 2. The molecule has 2 heterocycles. The second-order valence-corrected chi connectivity index (χ2v) is 8.89. The maximum Gasteiger partial charge on any atom is 0.387 e. The van der Waals surface area contributed by atoms with Crippen LogP contribution in [0.2, 0.25) is 0 Å². The van der Waals surface area contributed by atoms with Crippen molar-refractivity contribution in [2.24, 2.45) is 4.99 Å². The van der Waals surface area contributed by atoms with Crippen molar-refractivity contribution >= 4 is 46.2 Å². The lowest BCUT2D eigenvalue weighted by molar-refractivity contribution is -0.114. The zero-order chi connectivity index (χ0) is 26.4. The van der Waals surface area contributed by atoms with Crippen LogP contribution in [0.5, 0.6) is 5.75 Å². The van der Waals surface area contributed by atoms with Crippen LogP contribution in [0.15, 0.2) is 76.0 Å². The number of nitrogens with one attached hydrogen (secondary N) is 1. The molecular weight excluding hydrogens is 500 g/mol. The van der Waals surface area contributed by atoms with Crippen molar-refractivity contribution in [2.75, 3.05) is 16.0 Å². The van der Waals surface area contributed by atoms with Crippen molar-refractivity contribution in [3.05, 3.63) is 83.4 Å². The summed E-state index contributed by atoms with van der Waals surface area (Å²) in [5.74, 6) is -0.264. The number of carbonyl (C=O) groups excluding carboxylic acids is 2. The van der Waals surface area contributed by atoms with Gasteiger partial charge in [-0.2, -0.15) is 8.78 Å². The Bertz CT molecular complexity index is 1300. The summed E-state index contributed by atoms with van der Waals surface area (Å²) in [5, 5.41) is 3.29. The topological polar surface area (TPSA) is 84.1 Å². The number of alkyl halides is 2. The molecule has 0 atom stereocenters. The van der Waals surface area contributed by atoms with Gasteiger partial charge in [-0.3, -0.25) is 14.5 Å². The van der Waals surface area contributed by atoms with Crippen molar-refractivity contribution in [3.8, 4) is 5.75 Å². The minimum absolute atomic E-state index is 0.00439. The van der Waals surface area contributed by atoms with Gasteiger partial charge in [0.1, 0.15) is 17.2 Å². The highest BCUT2D eigenvalue weighted by Crippen LogP contribution is 2.31. The molecule has 0 fully saturated rings. The van der Waals surface area contributed by atoms with Crippen LogP contribution < -0.4 is 15.0 Å². The summed E-state index contributed by atoms with van der Waals surface area (Å²) in [7, 11) is 0. The first-order valence-electron chi connectivity index (χ1n) is 11.7. The lowest BCUT2D eigenvalue weighted by Crippen LogP contribution is -2.31. The third-order valence-corrected chi connectivity index (χ3v) is 6.51. The molecule has 0 saturated heterocycles. The Hall–Kier alpha value is -3.92. The third-order valence-electron chi connectivity index (χ3n) is 5.57. The molecule has 1 aromatic heterocycles. The molecule has 2 aromatic carbocycles. The summed E-state index contributed by atoms with van der Waals surface area (Å²) >= 11 is 1.10. The Labute approximate surface area is 217 Å². The first-order valence-corrected chi connectivity index (χ1v) is 12.6. The molecule has 4 rings (SSSR count). The van der Waals surface area contributed by atoms with Gasteiger partial charge < -0.3 is 14.5 Å². The lowest BCUT2D eigenvalue weighted by Gasteiger charge is -2.18. The third kappa shape index (κ3) is 6.26. The Morgan fingerprint density at radius 3 is 2.41 bits per heavy atom. The van der Waals surface area contributed by atoms with Gasteiger partial charge in [-0.1, -0.05) is 43.8 Å². The van der Waals surface area contributed by atoms with E-state index in [0.29, 0.717) is 11.4 Å². The number of hydrogen-bond acceptors (Lipinski definition) is 6. The first kappa shape index (κ1) is 26.2. The summed E-state index contributed by atoms with van der Waals surface area (Å²) in [6, 6.07) is 15.0. The molecule has 0 radical (unpaired) electrons. The molecule has 1 N–H and O–H groups in total. The number of anilines is 2. The van der Waals surface area contributed by atoms with E-state index in [-0.39, 0.29) is 28.3 Å². The number of amidine groups is 1. The zero-order valence-electron chi connectivity index (χ0n) is 20.2. The standard InChI is InChI=1S/C27H25F2N3O4S/c1-3-17-7-5-8-18(4-2)24(17)31-23(33)16-37-27-30-22(15-21-9-6-14-35-21)25(34)32(27)19-10-12-20(13-11-19)36-26(28)29/h5-15,26H,3-4,16H2,1-2H3,(H,31,33). The molecular formula is C27H25F2N3O4S. The number of thioether (sulfide) groups is 1. The van der Waals surface area contributed by atoms with E-state index in [1.54, 1.807) is 12.1 Å². The Balaban J connectivity index is 1.56. The number of carbonyl (C=O) groups is 2. The van der Waals surface area contributed by atoms with Crippen LogP contribution in [0, 0.1) is 0 Å². The molecule has 1 aliphatic heterocycles. The average molecular weight is 526 g/mol. The summed E-state index contributed by atoms with van der Waals surface area (Å²) in [6.45, 7) is 1.10. The van der Waals surface area contributed by atoms with Crippen molar-refractivity contribution in [3.63, 3.8) is 0 Å². The van der Waals surface area contributed by atoms with E-state index in [0.717, 1.165) is 41.4 Å². The normalized spacial score (nSPS) is 14.4. The minimum atomic E-state index is -2.96. The van der Waals surface area contributed by atoms with E-state index in [4.69, 9.17) is 4.42 Å². The fourth-order valence-corrected chi connectivity index (χ4v) is 4.63. The minimum Gasteiger partial charge on any atom is -0.465 e. The van der Waals surface area contributed by atoms with Crippen molar-refractivity contribution in [1.82, 2.24) is 0 Å². The van der Waals surface area contributed by atoms with Gasteiger partial charge in [0.2, 0.25) is 5.91 Å². The molecule has 10 heteroatoms. The highest BCUT2D eigenvalue weighted by Gasteiger charge is 2.32. The number of rotatable bonds is 9. The second kappa shape index (κ2) is 11.9. The van der Waals surface area contributed by atoms with E-state index in [9.17, 15) is 18.4 Å². The highest BCUT2D eigenvalue weighted by atomic mass is 32.2. The number of benzene rings is 2. The van der Waals surface area contributed by atoms with Crippen molar-refractivity contribution < 1.29 is 27.5 Å². The quantitative estimate of drug-likeness (QED) is 0.340. The molecule has 0 bridgehead atoms. The highest BCUT2D eigenvalue weighted by molar-refractivity contribution is 8.14. The largest absolute Gasteiger partial charge is 0.465 e. The van der Waals surface area contributed by atoms with Crippen LogP contribution >= 0.6 is 11.8 Å². The van der Waals surface area contributed by atoms with Gasteiger partial charge in [-0.05, 0) is 60.4 Å². The van der Waals surface area contributed by atoms with Gasteiger partial charge in [-0.25, -0.2) is 4.99 Å². The molecule has 3 aromatic rings. The molecule has 0 saturated carbocycles. The summed E-state index contributed by atoms with van der Waals surface area (Å²) in [6.07, 6.45) is 4.53. The maximum atomic E-state index is 13.2. The molecule has 1 aliphatic rings. The van der Waals surface area contributed by atoms with E-state index in [2.05, 4.69) is 15.0 Å². The molecule has 192 valence electrons. The van der Waals surface area contributed by atoms with Crippen molar-refractivity contribution in [1.29, 1.82) is 0 Å². The number of halogens is 2. The first-order chi connectivity index (χ1) is 17.9. The predicted molar refractivity (Wildman–Crippen MR) is 141 cm³/mol. The van der Waals surface area contributed by atoms with Gasteiger partial charge in [-0.15, -0.1) is 0 Å². The summed E-state index contributed by atoms with van der Waals surface area (Å²) in [5.41, 5.74) is 3.42. The van der Waals surface area contributed by atoms with Gasteiger partial charge in [0.15, 0.2) is 5.17 Å². The number of ether oxygens (including phenoxy) is 1. The number of para-hydroxylation sites is 1. The number of hydrogen-bond donors (Lipinski definition) is 1. The number of furan rings is 1. The van der Waals surface area contributed by atoms with E-state index in [1.165, 1.54) is 41.5 Å². The lowest BCUT2D eigenvalue weighted by atomic mass is 10.0. The molecule has 7 nitrogen and oxygen atoms in total. The van der Waals surface area contributed by atoms with Gasteiger partial charge in [0.05, 0.1) is 17.7 Å². The van der Waals surface area contributed by atoms with Crippen LogP contribution in [0.4, 0.5) is 20.2 Å². The fraction of sp³-hybridized carbons (Fsp3) is 0.222. The van der Waals surface area contributed by atoms with Gasteiger partial charge >= 0.3 is 6.61 Å². The Morgan fingerprint density at radius 2 is 1.81 bits per heavy atom. The Kier molecular flexibility index (Phi) is 8.39. The molecule has 2 amide bonds. The van der Waals surface area contributed by atoms with Crippen LogP contribution in [0.1, 0.15) is 30.7 Å². The number of aliphatic imine (C=N–C) groups is 1. The predicted octanol–water partition coefficient (Wildman–Crippen LogP) is 6.12. The average Bonchev–Trinajstić information content (AvgIpc) is 3.51. The van der Waals surface area contributed by atoms with Crippen LogP contribution in [0.3, 0.4) is 0 Å².